The summed E-state index contributed by atoms with van der Waals surface area (Å²) in [6.45, 7) is 4.23. The molecule has 3 N–H and O–H groups in total. The van der Waals surface area contributed by atoms with Crippen LogP contribution in [0.3, 0.4) is 0 Å². The highest BCUT2D eigenvalue weighted by atomic mass is 32.2. The van der Waals surface area contributed by atoms with Gasteiger partial charge in [0, 0.05) is 12.0 Å². The van der Waals surface area contributed by atoms with Crippen LogP contribution in [0, 0.1) is 29.1 Å². The standard InChI is InChI=1S/C8H3F5O3.C6H12O3.C5H8O4S/c9-3-4(10)6(12)8(7(13)5(3)11)16-1-2(14)15;1-2-3-4-9-5-6(7)8;1-2-10(8,9)4-3-5(6)7/h1H2,(H,14,15);2-5H2,1H3,(H,7,8);2H,1,3-4H2,(H,6,7). The van der Waals surface area contributed by atoms with Crippen LogP contribution in [0.25, 0.3) is 0 Å². The van der Waals surface area contributed by atoms with Crippen LogP contribution in [-0.2, 0) is 29.0 Å². The van der Waals surface area contributed by atoms with Gasteiger partial charge in [-0.25, -0.2) is 31.2 Å². The van der Waals surface area contributed by atoms with Gasteiger partial charge in [0.05, 0.1) is 12.2 Å². The maximum absolute atomic E-state index is 12.8. The second-order valence-electron chi connectivity index (χ2n) is 6.06. The Hall–Kier alpha value is -3.27. The van der Waals surface area contributed by atoms with Gasteiger partial charge >= 0.3 is 17.9 Å². The van der Waals surface area contributed by atoms with Crippen molar-refractivity contribution in [1.29, 1.82) is 0 Å². The minimum Gasteiger partial charge on any atom is -0.481 e. The molecule has 0 unspecified atom stereocenters. The molecule has 1 rings (SSSR count). The number of carbonyl (C=O) groups is 3. The third kappa shape index (κ3) is 15.3. The van der Waals surface area contributed by atoms with Gasteiger partial charge in [-0.2, -0.15) is 8.78 Å². The monoisotopic (exact) mass is 538 g/mol. The number of hydrogen-bond donors (Lipinski definition) is 3. The van der Waals surface area contributed by atoms with Crippen LogP contribution < -0.4 is 4.74 Å². The third-order valence-electron chi connectivity index (χ3n) is 3.23. The lowest BCUT2D eigenvalue weighted by atomic mass is 10.2. The lowest BCUT2D eigenvalue weighted by Crippen LogP contribution is -2.13. The van der Waals surface area contributed by atoms with E-state index in [0.29, 0.717) is 6.61 Å². The number of ether oxygens (including phenoxy) is 2. The Morgan fingerprint density at radius 1 is 0.857 bits per heavy atom. The van der Waals surface area contributed by atoms with Gasteiger partial charge < -0.3 is 24.8 Å². The van der Waals surface area contributed by atoms with Crippen molar-refractivity contribution < 1.29 is 69.5 Å². The summed E-state index contributed by atoms with van der Waals surface area (Å²) in [7, 11) is -3.33. The minimum atomic E-state index is -3.33. The Morgan fingerprint density at radius 2 is 1.31 bits per heavy atom. The van der Waals surface area contributed by atoms with E-state index in [1.807, 2.05) is 6.92 Å². The zero-order chi connectivity index (χ0) is 27.8. The van der Waals surface area contributed by atoms with Gasteiger partial charge in [-0.05, 0) is 6.42 Å². The largest absolute Gasteiger partial charge is 0.481 e. The molecule has 16 heteroatoms. The molecule has 0 atom stereocenters. The molecule has 0 fully saturated rings. The van der Waals surface area contributed by atoms with Crippen molar-refractivity contribution in [3.8, 4) is 5.75 Å². The highest BCUT2D eigenvalue weighted by Crippen LogP contribution is 2.28. The molecule has 0 radical (unpaired) electrons. The van der Waals surface area contributed by atoms with Crippen LogP contribution >= 0.6 is 0 Å². The van der Waals surface area contributed by atoms with Gasteiger partial charge in [-0.3, -0.25) is 4.79 Å². The summed E-state index contributed by atoms with van der Waals surface area (Å²) in [5.74, 6) is -16.8. The number of carboxylic acids is 3. The van der Waals surface area contributed by atoms with Crippen molar-refractivity contribution in [1.82, 2.24) is 0 Å². The van der Waals surface area contributed by atoms with E-state index in [4.69, 9.17) is 20.1 Å². The summed E-state index contributed by atoms with van der Waals surface area (Å²) in [6, 6.07) is 0. The average molecular weight is 538 g/mol. The van der Waals surface area contributed by atoms with Crippen molar-refractivity contribution in [2.75, 3.05) is 25.6 Å². The number of unbranched alkanes of at least 4 members (excludes halogenated alkanes) is 1. The van der Waals surface area contributed by atoms with Gasteiger partial charge in [0.1, 0.15) is 6.61 Å². The van der Waals surface area contributed by atoms with Crippen LogP contribution in [0.15, 0.2) is 12.0 Å². The van der Waals surface area contributed by atoms with E-state index in [1.165, 1.54) is 0 Å². The van der Waals surface area contributed by atoms with E-state index in [2.05, 4.69) is 11.3 Å². The molecule has 0 saturated heterocycles. The third-order valence-corrected chi connectivity index (χ3v) is 4.51. The second kappa shape index (κ2) is 17.2. The second-order valence-corrected chi connectivity index (χ2v) is 8.13. The first-order valence-electron chi connectivity index (χ1n) is 9.33. The van der Waals surface area contributed by atoms with E-state index >= 15 is 0 Å². The molecule has 0 amide bonds. The first-order chi connectivity index (χ1) is 16.1. The number of benzene rings is 1. The van der Waals surface area contributed by atoms with Crippen molar-refractivity contribution >= 4 is 27.7 Å². The van der Waals surface area contributed by atoms with E-state index in [0.717, 1.165) is 18.2 Å². The van der Waals surface area contributed by atoms with Crippen molar-refractivity contribution in [2.45, 2.75) is 26.2 Å². The molecule has 0 bridgehead atoms. The summed E-state index contributed by atoms with van der Waals surface area (Å²) in [6.07, 6.45) is 1.61. The van der Waals surface area contributed by atoms with Crippen molar-refractivity contribution in [3.05, 3.63) is 41.1 Å². The molecule has 1 aromatic carbocycles. The van der Waals surface area contributed by atoms with Crippen LogP contribution in [-0.4, -0.2) is 67.2 Å². The molecule has 1 aromatic rings. The molecule has 10 nitrogen and oxygen atoms in total. The summed E-state index contributed by atoms with van der Waals surface area (Å²) in [5.41, 5.74) is 0. The smallest absolute Gasteiger partial charge is 0.341 e. The van der Waals surface area contributed by atoms with Gasteiger partial charge in [-0.15, -0.1) is 0 Å². The lowest BCUT2D eigenvalue weighted by Gasteiger charge is -2.07. The van der Waals surface area contributed by atoms with Crippen LogP contribution in [0.1, 0.15) is 26.2 Å². The Morgan fingerprint density at radius 3 is 1.69 bits per heavy atom. The minimum absolute atomic E-state index is 0.167. The van der Waals surface area contributed by atoms with Crippen LogP contribution in [0.5, 0.6) is 5.75 Å². The summed E-state index contributed by atoms with van der Waals surface area (Å²) < 4.78 is 92.9. The number of halogens is 5. The number of rotatable bonds is 12. The highest BCUT2D eigenvalue weighted by Gasteiger charge is 2.27. The SMILES string of the molecule is C=CS(=O)(=O)CCC(=O)O.CCCCOCC(=O)O.O=C(O)COc1c(F)c(F)c(F)c(F)c1F. The fourth-order valence-corrected chi connectivity index (χ4v) is 2.19. The van der Waals surface area contributed by atoms with Gasteiger partial charge in [0.25, 0.3) is 0 Å². The van der Waals surface area contributed by atoms with Gasteiger partial charge in [0.15, 0.2) is 22.2 Å². The van der Waals surface area contributed by atoms with Crippen molar-refractivity contribution in [3.63, 3.8) is 0 Å². The predicted octanol–water partition coefficient (Wildman–Crippen LogP) is 2.75. The fraction of sp³-hybridized carbons (Fsp3) is 0.421. The molecule has 0 spiro atoms. The Bertz CT molecular complexity index is 954. The number of hydrogen-bond acceptors (Lipinski definition) is 7. The van der Waals surface area contributed by atoms with Crippen LogP contribution in [0.2, 0.25) is 0 Å². The normalized spacial score (nSPS) is 10.2. The topological polar surface area (TPSA) is 164 Å². The molecule has 0 heterocycles. The average Bonchev–Trinajstić information content (AvgIpc) is 2.78. The summed E-state index contributed by atoms with van der Waals surface area (Å²) in [4.78, 5) is 29.7. The molecule has 0 saturated carbocycles. The highest BCUT2D eigenvalue weighted by molar-refractivity contribution is 7.94. The van der Waals surface area contributed by atoms with E-state index in [9.17, 15) is 44.8 Å². The quantitative estimate of drug-likeness (QED) is 0.156. The summed E-state index contributed by atoms with van der Waals surface area (Å²) in [5, 5.41) is 25.0. The fourth-order valence-electron chi connectivity index (χ4n) is 1.56. The van der Waals surface area contributed by atoms with Gasteiger partial charge in [0.2, 0.25) is 29.1 Å². The molecular weight excluding hydrogens is 515 g/mol. The van der Waals surface area contributed by atoms with E-state index in [-0.39, 0.29) is 18.8 Å². The first-order valence-corrected chi connectivity index (χ1v) is 11.0. The molecule has 0 aliphatic heterocycles. The lowest BCUT2D eigenvalue weighted by molar-refractivity contribution is -0.142. The maximum Gasteiger partial charge on any atom is 0.341 e. The Balaban J connectivity index is 0. The molecule has 35 heavy (non-hydrogen) atoms. The van der Waals surface area contributed by atoms with Crippen LogP contribution in [0.4, 0.5) is 22.0 Å². The molecule has 200 valence electrons. The Kier molecular flexibility index (Phi) is 16.7. The zero-order valence-electron chi connectivity index (χ0n) is 18.2. The Labute approximate surface area is 196 Å². The number of carboxylic acid groups (broad SMARTS) is 3. The maximum atomic E-state index is 12.8. The van der Waals surface area contributed by atoms with Gasteiger partial charge in [-0.1, -0.05) is 19.9 Å². The van der Waals surface area contributed by atoms with Crippen molar-refractivity contribution in [2.24, 2.45) is 0 Å². The number of aliphatic carboxylic acids is 3. The predicted molar refractivity (Wildman–Crippen MR) is 109 cm³/mol. The van der Waals surface area contributed by atoms with E-state index in [1.54, 1.807) is 0 Å². The molecule has 0 aromatic heterocycles. The molecule has 0 aliphatic carbocycles. The van der Waals surface area contributed by atoms with E-state index < -0.39 is 69.2 Å². The first kappa shape index (κ1) is 33.9. The number of sulfone groups is 1. The zero-order valence-corrected chi connectivity index (χ0v) is 19.0. The molecule has 0 aliphatic rings. The molecular formula is C19H23F5O10S. The summed E-state index contributed by atoms with van der Waals surface area (Å²) >= 11 is 0.